The lowest BCUT2D eigenvalue weighted by Gasteiger charge is -2.11. The van der Waals surface area contributed by atoms with Crippen molar-refractivity contribution in [2.75, 3.05) is 0 Å². The average Bonchev–Trinajstić information content (AvgIpc) is 3.08. The van der Waals surface area contributed by atoms with Crippen LogP contribution in [0.25, 0.3) is 22.2 Å². The number of amides is 1. The van der Waals surface area contributed by atoms with Crippen LogP contribution in [0.1, 0.15) is 21.7 Å². The zero-order valence-electron chi connectivity index (χ0n) is 15.4. The molecule has 0 saturated carbocycles. The third kappa shape index (κ3) is 3.12. The molecule has 1 aromatic heterocycles. The quantitative estimate of drug-likeness (QED) is 0.592. The summed E-state index contributed by atoms with van der Waals surface area (Å²) in [6, 6.07) is 24.7. The van der Waals surface area contributed by atoms with E-state index in [-0.39, 0.29) is 5.91 Å². The Balaban J connectivity index is 1.62. The van der Waals surface area contributed by atoms with Gasteiger partial charge in [0.2, 0.25) is 0 Å². The number of imidazole rings is 1. The number of benzene rings is 3. The lowest BCUT2D eigenvalue weighted by atomic mass is 9.95. The highest BCUT2D eigenvalue weighted by atomic mass is 16.1. The second-order valence-corrected chi connectivity index (χ2v) is 6.46. The summed E-state index contributed by atoms with van der Waals surface area (Å²) < 4.78 is 1.98. The maximum Gasteiger partial charge on any atom is 0.252 e. The fraction of sp³-hybridized carbons (Fsp3) is 0.0870. The van der Waals surface area contributed by atoms with E-state index < -0.39 is 0 Å². The summed E-state index contributed by atoms with van der Waals surface area (Å²) in [5, 5.41) is 12.4. The van der Waals surface area contributed by atoms with Crippen molar-refractivity contribution in [1.82, 2.24) is 14.9 Å². The molecule has 28 heavy (non-hydrogen) atoms. The molecular formula is C23H18N4O. The summed E-state index contributed by atoms with van der Waals surface area (Å²) in [4.78, 5) is 17.5. The molecule has 4 rings (SSSR count). The molecule has 5 nitrogen and oxygen atoms in total. The number of carbonyl (C=O) groups excluding carboxylic acids is 1. The summed E-state index contributed by atoms with van der Waals surface area (Å²) in [5.74, 6) is 0.583. The van der Waals surface area contributed by atoms with Crippen LogP contribution in [0, 0.1) is 11.3 Å². The van der Waals surface area contributed by atoms with E-state index in [0.717, 1.165) is 28.0 Å². The molecule has 1 amide bonds. The van der Waals surface area contributed by atoms with E-state index in [1.165, 1.54) is 0 Å². The Kier molecular flexibility index (Phi) is 4.61. The number of hydrogen-bond acceptors (Lipinski definition) is 3. The highest BCUT2D eigenvalue weighted by molar-refractivity contribution is 6.01. The molecule has 0 fully saturated rings. The van der Waals surface area contributed by atoms with Crippen LogP contribution in [0.4, 0.5) is 0 Å². The maximum atomic E-state index is 12.9. The lowest BCUT2D eigenvalue weighted by Crippen LogP contribution is -2.25. The zero-order chi connectivity index (χ0) is 19.5. The van der Waals surface area contributed by atoms with Crippen LogP contribution in [0.3, 0.4) is 0 Å². The van der Waals surface area contributed by atoms with Crippen LogP contribution in [0.5, 0.6) is 0 Å². The van der Waals surface area contributed by atoms with Gasteiger partial charge in [-0.15, -0.1) is 0 Å². The largest absolute Gasteiger partial charge is 0.345 e. The first-order valence-electron chi connectivity index (χ1n) is 8.96. The Morgan fingerprint density at radius 2 is 1.68 bits per heavy atom. The number of nitrogens with zero attached hydrogens (tertiary/aromatic N) is 3. The number of hydrogen-bond donors (Lipinski definition) is 1. The van der Waals surface area contributed by atoms with Crippen LogP contribution in [-0.4, -0.2) is 15.5 Å². The predicted molar refractivity (Wildman–Crippen MR) is 108 cm³/mol. The second-order valence-electron chi connectivity index (χ2n) is 6.46. The monoisotopic (exact) mass is 366 g/mol. The molecule has 0 unspecified atom stereocenters. The molecule has 3 aromatic carbocycles. The van der Waals surface area contributed by atoms with Gasteiger partial charge in [-0.2, -0.15) is 5.26 Å². The summed E-state index contributed by atoms with van der Waals surface area (Å²) >= 11 is 0. The van der Waals surface area contributed by atoms with Gasteiger partial charge in [-0.25, -0.2) is 4.98 Å². The molecule has 0 aliphatic carbocycles. The van der Waals surface area contributed by atoms with E-state index in [2.05, 4.69) is 16.4 Å². The highest BCUT2D eigenvalue weighted by Gasteiger charge is 2.15. The van der Waals surface area contributed by atoms with E-state index in [1.807, 2.05) is 72.3 Å². The molecule has 0 bridgehead atoms. The van der Waals surface area contributed by atoms with Crippen LogP contribution >= 0.6 is 0 Å². The van der Waals surface area contributed by atoms with Crippen molar-refractivity contribution in [3.05, 3.63) is 89.7 Å². The topological polar surface area (TPSA) is 70.7 Å². The molecule has 0 atom stereocenters. The number of aryl methyl sites for hydroxylation is 1. The number of nitriles is 1. The minimum atomic E-state index is -0.199. The Bertz CT molecular complexity index is 1220. The van der Waals surface area contributed by atoms with Crippen molar-refractivity contribution in [2.24, 2.45) is 7.05 Å². The number of para-hydroxylation sites is 2. The predicted octanol–water partition coefficient (Wildman–Crippen LogP) is 4.04. The Labute approximate surface area is 162 Å². The van der Waals surface area contributed by atoms with Crippen molar-refractivity contribution >= 4 is 16.9 Å². The van der Waals surface area contributed by atoms with Crippen molar-refractivity contribution in [3.63, 3.8) is 0 Å². The summed E-state index contributed by atoms with van der Waals surface area (Å²) in [7, 11) is 1.94. The van der Waals surface area contributed by atoms with Crippen molar-refractivity contribution in [1.29, 1.82) is 5.26 Å². The molecule has 1 N–H and O–H groups in total. The van der Waals surface area contributed by atoms with Crippen LogP contribution in [0.2, 0.25) is 0 Å². The highest BCUT2D eigenvalue weighted by Crippen LogP contribution is 2.27. The fourth-order valence-electron chi connectivity index (χ4n) is 3.34. The zero-order valence-corrected chi connectivity index (χ0v) is 15.4. The Morgan fingerprint density at radius 3 is 2.46 bits per heavy atom. The smallest absolute Gasteiger partial charge is 0.252 e. The number of nitrogens with one attached hydrogen (secondary N) is 1. The molecule has 4 aromatic rings. The number of fused-ring (bicyclic) bond motifs is 1. The SMILES string of the molecule is Cn1c(CNC(=O)c2ccccc2-c2ccccc2C#N)nc2ccccc21. The van der Waals surface area contributed by atoms with Crippen LogP contribution in [0.15, 0.2) is 72.8 Å². The normalized spacial score (nSPS) is 10.6. The summed E-state index contributed by atoms with van der Waals surface area (Å²) in [6.45, 7) is 0.318. The van der Waals surface area contributed by atoms with E-state index in [9.17, 15) is 10.1 Å². The van der Waals surface area contributed by atoms with E-state index in [4.69, 9.17) is 0 Å². The average molecular weight is 366 g/mol. The maximum absolute atomic E-state index is 12.9. The minimum absolute atomic E-state index is 0.199. The Morgan fingerprint density at radius 1 is 1.00 bits per heavy atom. The van der Waals surface area contributed by atoms with Crippen LogP contribution < -0.4 is 5.32 Å². The van der Waals surface area contributed by atoms with E-state index in [1.54, 1.807) is 12.1 Å². The number of aromatic nitrogens is 2. The van der Waals surface area contributed by atoms with Crippen molar-refractivity contribution in [2.45, 2.75) is 6.54 Å². The standard InChI is InChI=1S/C23H18N4O/c1-27-21-13-7-6-12-20(21)26-22(27)15-25-23(28)19-11-5-4-10-18(19)17-9-3-2-8-16(17)14-24/h2-13H,15H2,1H3,(H,25,28). The van der Waals surface area contributed by atoms with Crippen molar-refractivity contribution in [3.8, 4) is 17.2 Å². The van der Waals surface area contributed by atoms with Gasteiger partial charge in [-0.1, -0.05) is 48.5 Å². The second kappa shape index (κ2) is 7.37. The molecular weight excluding hydrogens is 348 g/mol. The van der Waals surface area contributed by atoms with Gasteiger partial charge in [0.15, 0.2) is 0 Å². The summed E-state index contributed by atoms with van der Waals surface area (Å²) in [6.07, 6.45) is 0. The first-order valence-corrected chi connectivity index (χ1v) is 8.96. The van der Waals surface area contributed by atoms with E-state index in [0.29, 0.717) is 17.7 Å². The van der Waals surface area contributed by atoms with Gasteiger partial charge < -0.3 is 9.88 Å². The van der Waals surface area contributed by atoms with E-state index >= 15 is 0 Å². The van der Waals surface area contributed by atoms with Gasteiger partial charge >= 0.3 is 0 Å². The van der Waals surface area contributed by atoms with Gasteiger partial charge in [0, 0.05) is 18.2 Å². The van der Waals surface area contributed by atoms with Crippen LogP contribution in [-0.2, 0) is 13.6 Å². The van der Waals surface area contributed by atoms with Gasteiger partial charge in [-0.3, -0.25) is 4.79 Å². The molecule has 0 aliphatic heterocycles. The van der Waals surface area contributed by atoms with Gasteiger partial charge in [0.05, 0.1) is 29.2 Å². The lowest BCUT2D eigenvalue weighted by molar-refractivity contribution is 0.0950. The van der Waals surface area contributed by atoms with Gasteiger partial charge in [0.1, 0.15) is 5.82 Å². The third-order valence-corrected chi connectivity index (χ3v) is 4.80. The first kappa shape index (κ1) is 17.5. The molecule has 0 spiro atoms. The Hall–Kier alpha value is -3.91. The molecule has 1 heterocycles. The third-order valence-electron chi connectivity index (χ3n) is 4.80. The minimum Gasteiger partial charge on any atom is -0.345 e. The number of carbonyl (C=O) groups is 1. The fourth-order valence-corrected chi connectivity index (χ4v) is 3.34. The number of rotatable bonds is 4. The molecule has 136 valence electrons. The molecule has 0 radical (unpaired) electrons. The molecule has 0 saturated heterocycles. The van der Waals surface area contributed by atoms with Gasteiger partial charge in [-0.05, 0) is 29.8 Å². The van der Waals surface area contributed by atoms with Gasteiger partial charge in [0.25, 0.3) is 5.91 Å². The first-order chi connectivity index (χ1) is 13.7. The molecule has 0 aliphatic rings. The van der Waals surface area contributed by atoms with Crippen molar-refractivity contribution < 1.29 is 4.79 Å². The summed E-state index contributed by atoms with van der Waals surface area (Å²) in [5.41, 5.74) is 4.48. The molecule has 5 heteroatoms.